The summed E-state index contributed by atoms with van der Waals surface area (Å²) in [6.07, 6.45) is -0.604. The van der Waals surface area contributed by atoms with Crippen LogP contribution in [0.2, 0.25) is 0 Å². The molecule has 0 unspecified atom stereocenters. The van der Waals surface area contributed by atoms with Crippen molar-refractivity contribution in [2.75, 3.05) is 31.1 Å². The highest BCUT2D eigenvalue weighted by Gasteiger charge is 2.41. The van der Waals surface area contributed by atoms with Gasteiger partial charge in [-0.25, -0.2) is 4.79 Å². The molecule has 0 bridgehead atoms. The van der Waals surface area contributed by atoms with Gasteiger partial charge in [-0.2, -0.15) is 0 Å². The number of ether oxygens (including phenoxy) is 1. The fraction of sp³-hybridized carbons (Fsp3) is 0.438. The van der Waals surface area contributed by atoms with Gasteiger partial charge in [-0.1, -0.05) is 12.1 Å². The highest BCUT2D eigenvalue weighted by Crippen LogP contribution is 2.32. The van der Waals surface area contributed by atoms with Gasteiger partial charge in [0.1, 0.15) is 5.92 Å². The number of carbonyl (C=O) groups excluding carboxylic acids is 2. The Morgan fingerprint density at radius 3 is 2.71 bits per heavy atom. The largest absolute Gasteiger partial charge is 0.479 e. The van der Waals surface area contributed by atoms with Crippen molar-refractivity contribution in [1.29, 1.82) is 0 Å². The molecular formula is C16H17BrN2O5. The number of morpholine rings is 1. The number of anilines is 1. The van der Waals surface area contributed by atoms with E-state index < -0.39 is 18.0 Å². The lowest BCUT2D eigenvalue weighted by Crippen LogP contribution is -2.51. The molecule has 1 aromatic rings. The van der Waals surface area contributed by atoms with E-state index in [-0.39, 0.29) is 25.0 Å². The van der Waals surface area contributed by atoms with Crippen molar-refractivity contribution in [1.82, 2.24) is 4.90 Å². The minimum atomic E-state index is -1.10. The first-order valence-corrected chi connectivity index (χ1v) is 8.47. The molecule has 2 atom stereocenters. The molecule has 3 rings (SSSR count). The lowest BCUT2D eigenvalue weighted by Gasteiger charge is -2.32. The van der Waals surface area contributed by atoms with Gasteiger partial charge in [0.15, 0.2) is 6.10 Å². The van der Waals surface area contributed by atoms with Crippen molar-refractivity contribution in [3.05, 3.63) is 28.7 Å². The number of amides is 2. The molecule has 2 amide bonds. The summed E-state index contributed by atoms with van der Waals surface area (Å²) < 4.78 is 5.92. The van der Waals surface area contributed by atoms with Crippen LogP contribution >= 0.6 is 15.9 Å². The summed E-state index contributed by atoms with van der Waals surface area (Å²) in [5.41, 5.74) is 0.739. The van der Waals surface area contributed by atoms with Gasteiger partial charge in [0.25, 0.3) is 0 Å². The Bertz CT molecular complexity index is 680. The van der Waals surface area contributed by atoms with E-state index in [1.165, 1.54) is 4.90 Å². The zero-order valence-corrected chi connectivity index (χ0v) is 14.4. The Kier molecular flexibility index (Phi) is 4.86. The quantitative estimate of drug-likeness (QED) is 0.773. The number of para-hydroxylation sites is 1. The van der Waals surface area contributed by atoms with E-state index in [9.17, 15) is 14.4 Å². The summed E-state index contributed by atoms with van der Waals surface area (Å²) in [6.45, 7) is 0.913. The van der Waals surface area contributed by atoms with Gasteiger partial charge >= 0.3 is 5.97 Å². The normalized spacial score (nSPS) is 24.3. The summed E-state index contributed by atoms with van der Waals surface area (Å²) in [7, 11) is 0. The van der Waals surface area contributed by atoms with Crippen LogP contribution in [0, 0.1) is 5.92 Å². The van der Waals surface area contributed by atoms with Crippen LogP contribution in [-0.2, 0) is 19.1 Å². The first kappa shape index (κ1) is 16.9. The van der Waals surface area contributed by atoms with E-state index in [1.54, 1.807) is 4.90 Å². The molecule has 0 saturated carbocycles. The zero-order chi connectivity index (χ0) is 17.3. The summed E-state index contributed by atoms with van der Waals surface area (Å²) >= 11 is 3.42. The molecule has 0 aliphatic carbocycles. The number of rotatable bonds is 3. The minimum Gasteiger partial charge on any atom is -0.479 e. The maximum Gasteiger partial charge on any atom is 0.334 e. The van der Waals surface area contributed by atoms with E-state index in [4.69, 9.17) is 9.84 Å². The van der Waals surface area contributed by atoms with Crippen LogP contribution < -0.4 is 4.90 Å². The van der Waals surface area contributed by atoms with Crippen molar-refractivity contribution in [3.8, 4) is 0 Å². The molecule has 7 nitrogen and oxygen atoms in total. The third kappa shape index (κ3) is 3.16. The molecule has 1 N–H and O–H groups in total. The predicted molar refractivity (Wildman–Crippen MR) is 88.6 cm³/mol. The maximum absolute atomic E-state index is 12.7. The molecule has 0 radical (unpaired) electrons. The Morgan fingerprint density at radius 1 is 1.25 bits per heavy atom. The SMILES string of the molecule is O=C(O)[C@H]1CN(C(=O)[C@H]2CCN(c3ccccc3Br)C2=O)CCO1. The van der Waals surface area contributed by atoms with Crippen molar-refractivity contribution in [3.63, 3.8) is 0 Å². The van der Waals surface area contributed by atoms with Crippen molar-refractivity contribution in [2.45, 2.75) is 12.5 Å². The van der Waals surface area contributed by atoms with Gasteiger partial charge in [0, 0.05) is 17.6 Å². The molecule has 2 saturated heterocycles. The molecule has 2 aliphatic heterocycles. The molecular weight excluding hydrogens is 380 g/mol. The van der Waals surface area contributed by atoms with Crippen LogP contribution in [0.5, 0.6) is 0 Å². The molecule has 8 heteroatoms. The van der Waals surface area contributed by atoms with Gasteiger partial charge in [0.05, 0.1) is 18.8 Å². The van der Waals surface area contributed by atoms with E-state index in [0.717, 1.165) is 10.2 Å². The standard InChI is InChI=1S/C16H17BrN2O5/c17-11-3-1-2-4-12(11)19-6-5-10(15(19)21)14(20)18-7-8-24-13(9-18)16(22)23/h1-4,10,13H,5-9H2,(H,22,23)/t10-,13-/m1/s1. The first-order chi connectivity index (χ1) is 11.5. The highest BCUT2D eigenvalue weighted by molar-refractivity contribution is 9.10. The average molecular weight is 397 g/mol. The first-order valence-electron chi connectivity index (χ1n) is 7.68. The van der Waals surface area contributed by atoms with Gasteiger partial charge in [0.2, 0.25) is 11.8 Å². The fourth-order valence-corrected chi connectivity index (χ4v) is 3.54. The average Bonchev–Trinajstić information content (AvgIpc) is 2.96. The van der Waals surface area contributed by atoms with Crippen molar-refractivity contribution < 1.29 is 24.2 Å². The van der Waals surface area contributed by atoms with Crippen molar-refractivity contribution >= 4 is 39.4 Å². The second kappa shape index (κ2) is 6.90. The van der Waals surface area contributed by atoms with Crippen LogP contribution in [0.4, 0.5) is 5.69 Å². The van der Waals surface area contributed by atoms with E-state index in [1.807, 2.05) is 24.3 Å². The number of benzene rings is 1. The summed E-state index contributed by atoms with van der Waals surface area (Å²) in [5, 5.41) is 9.03. The lowest BCUT2D eigenvalue weighted by atomic mass is 10.1. The number of nitrogens with zero attached hydrogens (tertiary/aromatic N) is 2. The van der Waals surface area contributed by atoms with Crippen LogP contribution in [0.15, 0.2) is 28.7 Å². The molecule has 1 aromatic carbocycles. The zero-order valence-electron chi connectivity index (χ0n) is 12.9. The van der Waals surface area contributed by atoms with Gasteiger partial charge in [-0.15, -0.1) is 0 Å². The maximum atomic E-state index is 12.7. The second-order valence-corrected chi connectivity index (χ2v) is 6.62. The molecule has 0 aromatic heterocycles. The topological polar surface area (TPSA) is 87.2 Å². The smallest absolute Gasteiger partial charge is 0.334 e. The van der Waals surface area contributed by atoms with E-state index in [2.05, 4.69) is 15.9 Å². The molecule has 2 fully saturated rings. The fourth-order valence-electron chi connectivity index (χ4n) is 3.04. The van der Waals surface area contributed by atoms with E-state index in [0.29, 0.717) is 19.5 Å². The van der Waals surface area contributed by atoms with Gasteiger partial charge in [-0.3, -0.25) is 9.59 Å². The minimum absolute atomic E-state index is 0.0209. The van der Waals surface area contributed by atoms with Crippen LogP contribution in [-0.4, -0.2) is 60.1 Å². The Labute approximate surface area is 147 Å². The number of halogens is 1. The van der Waals surface area contributed by atoms with Gasteiger partial charge < -0.3 is 19.6 Å². The third-order valence-corrected chi connectivity index (χ3v) is 4.97. The monoisotopic (exact) mass is 396 g/mol. The number of aliphatic carboxylic acids is 1. The number of carboxylic acid groups (broad SMARTS) is 1. The molecule has 0 spiro atoms. The molecule has 2 heterocycles. The van der Waals surface area contributed by atoms with Crippen molar-refractivity contribution in [2.24, 2.45) is 5.92 Å². The Hall–Kier alpha value is -1.93. The Balaban J connectivity index is 1.72. The third-order valence-electron chi connectivity index (χ3n) is 4.30. The second-order valence-electron chi connectivity index (χ2n) is 5.76. The molecule has 2 aliphatic rings. The molecule has 24 heavy (non-hydrogen) atoms. The number of carbonyl (C=O) groups is 3. The predicted octanol–water partition coefficient (Wildman–Crippen LogP) is 1.11. The van der Waals surface area contributed by atoms with Crippen LogP contribution in [0.3, 0.4) is 0 Å². The summed E-state index contributed by atoms with van der Waals surface area (Å²) in [5.74, 6) is -2.42. The molecule has 128 valence electrons. The van der Waals surface area contributed by atoms with E-state index >= 15 is 0 Å². The number of hydrogen-bond acceptors (Lipinski definition) is 4. The summed E-state index contributed by atoms with van der Waals surface area (Å²) in [4.78, 5) is 39.4. The number of hydrogen-bond donors (Lipinski definition) is 1. The van der Waals surface area contributed by atoms with Gasteiger partial charge in [-0.05, 0) is 34.5 Å². The van der Waals surface area contributed by atoms with Crippen LogP contribution in [0.25, 0.3) is 0 Å². The lowest BCUT2D eigenvalue weighted by molar-refractivity contribution is -0.160. The number of carboxylic acids is 1. The highest BCUT2D eigenvalue weighted by atomic mass is 79.9. The van der Waals surface area contributed by atoms with Crippen LogP contribution in [0.1, 0.15) is 6.42 Å². The summed E-state index contributed by atoms with van der Waals surface area (Å²) in [6, 6.07) is 7.36. The Morgan fingerprint density at radius 2 is 2.00 bits per heavy atom.